The molecule has 32 heavy (non-hydrogen) atoms. The van der Waals surface area contributed by atoms with Gasteiger partial charge in [-0.2, -0.15) is 0 Å². The molecule has 7 heteroatoms. The molecule has 0 fully saturated rings. The smallest absolute Gasteiger partial charge is 0.297 e. The van der Waals surface area contributed by atoms with Crippen LogP contribution in [0.5, 0.6) is 0 Å². The molecule has 1 aliphatic heterocycles. The maximum Gasteiger partial charge on any atom is 0.297 e. The predicted octanol–water partition coefficient (Wildman–Crippen LogP) is 5.60. The Hall–Kier alpha value is -3.84. The first-order valence-electron chi connectivity index (χ1n) is 10.0. The van der Waals surface area contributed by atoms with Crippen LogP contribution in [0.25, 0.3) is 21.2 Å². The number of rotatable bonds is 2. The monoisotopic (exact) mass is 442 g/mol. The number of amides is 1. The summed E-state index contributed by atoms with van der Waals surface area (Å²) in [5.74, 6) is -0.945. The molecule has 0 bridgehead atoms. The summed E-state index contributed by atoms with van der Waals surface area (Å²) in [6.45, 7) is 1.99. The summed E-state index contributed by atoms with van der Waals surface area (Å²) < 4.78 is 21.0. The molecule has 2 aromatic heterocycles. The Kier molecular flexibility index (Phi) is 4.03. The number of nitrogens with zero attached hydrogens (tertiary/aromatic N) is 2. The van der Waals surface area contributed by atoms with Gasteiger partial charge in [0.2, 0.25) is 5.76 Å². The van der Waals surface area contributed by atoms with E-state index in [0.29, 0.717) is 21.7 Å². The van der Waals surface area contributed by atoms with Crippen molar-refractivity contribution in [2.24, 2.45) is 0 Å². The first kappa shape index (κ1) is 18.9. The van der Waals surface area contributed by atoms with Crippen molar-refractivity contribution in [2.75, 3.05) is 4.90 Å². The van der Waals surface area contributed by atoms with Crippen LogP contribution < -0.4 is 10.3 Å². The molecule has 0 saturated carbocycles. The largest absolute Gasteiger partial charge is 0.450 e. The number of aryl methyl sites for hydroxylation is 1. The minimum atomic E-state index is -0.837. The lowest BCUT2D eigenvalue weighted by Crippen LogP contribution is -2.29. The Balaban J connectivity index is 1.65. The highest BCUT2D eigenvalue weighted by atomic mass is 32.1. The third-order valence-electron chi connectivity index (χ3n) is 5.68. The lowest BCUT2D eigenvalue weighted by atomic mass is 9.98. The Morgan fingerprint density at radius 2 is 1.88 bits per heavy atom. The number of carbonyl (C=O) groups is 1. The summed E-state index contributed by atoms with van der Waals surface area (Å²) in [5, 5.41) is 0.807. The van der Waals surface area contributed by atoms with Crippen molar-refractivity contribution >= 4 is 43.6 Å². The van der Waals surface area contributed by atoms with Crippen molar-refractivity contribution in [3.05, 3.63) is 105 Å². The molecule has 3 heterocycles. The Morgan fingerprint density at radius 3 is 2.72 bits per heavy atom. The van der Waals surface area contributed by atoms with Gasteiger partial charge in [0.25, 0.3) is 5.91 Å². The Bertz CT molecular complexity index is 1620. The van der Waals surface area contributed by atoms with Crippen LogP contribution in [0.4, 0.5) is 9.52 Å². The molecule has 156 valence electrons. The molecular formula is C25H15FN2O3S. The Labute approximate surface area is 185 Å². The normalized spacial score (nSPS) is 15.6. The average Bonchev–Trinajstić information content (AvgIpc) is 3.32. The quantitative estimate of drug-likeness (QED) is 0.357. The van der Waals surface area contributed by atoms with E-state index in [1.165, 1.54) is 28.4 Å². The third-order valence-corrected chi connectivity index (χ3v) is 6.70. The molecule has 1 aliphatic rings. The van der Waals surface area contributed by atoms with E-state index in [-0.39, 0.29) is 16.8 Å². The van der Waals surface area contributed by atoms with Gasteiger partial charge in [-0.3, -0.25) is 14.5 Å². The Morgan fingerprint density at radius 1 is 1.03 bits per heavy atom. The summed E-state index contributed by atoms with van der Waals surface area (Å²) >= 11 is 1.35. The van der Waals surface area contributed by atoms with Gasteiger partial charge in [0.1, 0.15) is 11.4 Å². The number of halogens is 1. The summed E-state index contributed by atoms with van der Waals surface area (Å²) in [6, 6.07) is 17.8. The van der Waals surface area contributed by atoms with Crippen molar-refractivity contribution < 1.29 is 13.6 Å². The zero-order valence-electron chi connectivity index (χ0n) is 16.8. The van der Waals surface area contributed by atoms with E-state index in [0.717, 1.165) is 15.8 Å². The molecule has 0 aliphatic carbocycles. The molecular weight excluding hydrogens is 427 g/mol. The van der Waals surface area contributed by atoms with Crippen molar-refractivity contribution in [3.8, 4) is 0 Å². The molecule has 1 atom stereocenters. The minimum Gasteiger partial charge on any atom is -0.450 e. The van der Waals surface area contributed by atoms with Crippen LogP contribution >= 0.6 is 11.3 Å². The topological polar surface area (TPSA) is 63.4 Å². The fourth-order valence-corrected chi connectivity index (χ4v) is 5.32. The van der Waals surface area contributed by atoms with Crippen LogP contribution in [0.15, 0.2) is 75.9 Å². The minimum absolute atomic E-state index is 0.0293. The van der Waals surface area contributed by atoms with Crippen LogP contribution in [0.2, 0.25) is 0 Å². The zero-order chi connectivity index (χ0) is 22.0. The van der Waals surface area contributed by atoms with Gasteiger partial charge >= 0.3 is 0 Å². The van der Waals surface area contributed by atoms with Gasteiger partial charge in [-0.25, -0.2) is 9.37 Å². The van der Waals surface area contributed by atoms with E-state index in [4.69, 9.17) is 4.42 Å². The van der Waals surface area contributed by atoms with Gasteiger partial charge in [-0.1, -0.05) is 41.7 Å². The lowest BCUT2D eigenvalue weighted by Gasteiger charge is -2.22. The lowest BCUT2D eigenvalue weighted by molar-refractivity contribution is 0.0971. The fourth-order valence-electron chi connectivity index (χ4n) is 4.23. The number of para-hydroxylation sites is 1. The second kappa shape index (κ2) is 6.83. The number of thiazole rings is 1. The zero-order valence-corrected chi connectivity index (χ0v) is 17.7. The molecule has 1 amide bonds. The van der Waals surface area contributed by atoms with E-state index in [2.05, 4.69) is 4.98 Å². The van der Waals surface area contributed by atoms with Crippen LogP contribution in [-0.4, -0.2) is 10.9 Å². The highest BCUT2D eigenvalue weighted by molar-refractivity contribution is 7.22. The van der Waals surface area contributed by atoms with Crippen molar-refractivity contribution in [3.63, 3.8) is 0 Å². The number of hydrogen-bond donors (Lipinski definition) is 0. The van der Waals surface area contributed by atoms with Gasteiger partial charge < -0.3 is 4.42 Å². The summed E-state index contributed by atoms with van der Waals surface area (Å²) in [6.07, 6.45) is 0. The fraction of sp³-hybridized carbons (Fsp3) is 0.0800. The maximum atomic E-state index is 14.2. The maximum absolute atomic E-state index is 14.2. The van der Waals surface area contributed by atoms with Gasteiger partial charge in [0.05, 0.1) is 27.2 Å². The van der Waals surface area contributed by atoms with E-state index < -0.39 is 17.8 Å². The van der Waals surface area contributed by atoms with E-state index >= 15 is 0 Å². The predicted molar refractivity (Wildman–Crippen MR) is 122 cm³/mol. The number of hydrogen-bond acceptors (Lipinski definition) is 5. The van der Waals surface area contributed by atoms with E-state index in [1.807, 2.05) is 25.1 Å². The number of carbonyl (C=O) groups excluding carboxylic acids is 1. The van der Waals surface area contributed by atoms with Crippen LogP contribution in [0.3, 0.4) is 0 Å². The van der Waals surface area contributed by atoms with Crippen LogP contribution in [-0.2, 0) is 0 Å². The summed E-state index contributed by atoms with van der Waals surface area (Å²) in [5.41, 5.74) is 2.55. The van der Waals surface area contributed by atoms with Crippen LogP contribution in [0, 0.1) is 12.7 Å². The van der Waals surface area contributed by atoms with Gasteiger partial charge in [-0.05, 0) is 54.4 Å². The standard InChI is InChI=1S/C25H15FN2O3S/c1-13-9-10-17-19(11-13)32-25(27-17)28-21(14-5-4-6-15(26)12-14)20-22(29)16-7-2-3-8-18(16)31-23(20)24(28)30/h2-12,21H,1H3/t21-/m0/s1. The summed E-state index contributed by atoms with van der Waals surface area (Å²) in [4.78, 5) is 33.2. The first-order chi connectivity index (χ1) is 15.5. The molecule has 6 rings (SSSR count). The number of benzene rings is 3. The van der Waals surface area contributed by atoms with Gasteiger partial charge in [0.15, 0.2) is 10.6 Å². The van der Waals surface area contributed by atoms with Crippen LogP contribution in [0.1, 0.15) is 33.3 Å². The van der Waals surface area contributed by atoms with Crippen molar-refractivity contribution in [1.82, 2.24) is 4.98 Å². The number of fused-ring (bicyclic) bond motifs is 3. The van der Waals surface area contributed by atoms with Gasteiger partial charge in [0, 0.05) is 0 Å². The molecule has 0 radical (unpaired) electrons. The second-order valence-electron chi connectivity index (χ2n) is 7.77. The molecule has 0 saturated heterocycles. The first-order valence-corrected chi connectivity index (χ1v) is 10.8. The number of aromatic nitrogens is 1. The second-order valence-corrected chi connectivity index (χ2v) is 8.78. The van der Waals surface area contributed by atoms with Gasteiger partial charge in [-0.15, -0.1) is 0 Å². The SMILES string of the molecule is Cc1ccc2nc(N3C(=O)c4oc5ccccc5c(=O)c4[C@@H]3c3cccc(F)c3)sc2c1. The molecule has 0 spiro atoms. The van der Waals surface area contributed by atoms with E-state index in [9.17, 15) is 14.0 Å². The molecule has 0 N–H and O–H groups in total. The summed E-state index contributed by atoms with van der Waals surface area (Å²) in [7, 11) is 0. The molecule has 3 aromatic carbocycles. The molecule has 5 aromatic rings. The number of anilines is 1. The molecule has 0 unspecified atom stereocenters. The molecule has 5 nitrogen and oxygen atoms in total. The highest BCUT2D eigenvalue weighted by Gasteiger charge is 2.45. The third kappa shape index (κ3) is 2.71. The van der Waals surface area contributed by atoms with Crippen molar-refractivity contribution in [1.29, 1.82) is 0 Å². The van der Waals surface area contributed by atoms with E-state index in [1.54, 1.807) is 36.4 Å². The highest BCUT2D eigenvalue weighted by Crippen LogP contribution is 2.43. The average molecular weight is 442 g/mol. The van der Waals surface area contributed by atoms with Crippen molar-refractivity contribution in [2.45, 2.75) is 13.0 Å².